The van der Waals surface area contributed by atoms with Gasteiger partial charge in [-0.3, -0.25) is 0 Å². The van der Waals surface area contributed by atoms with E-state index >= 15 is 0 Å². The van der Waals surface area contributed by atoms with Gasteiger partial charge in [0.2, 0.25) is 0 Å². The van der Waals surface area contributed by atoms with Gasteiger partial charge in [-0.2, -0.15) is 5.26 Å². The Kier molecular flexibility index (Phi) is 8.46. The number of hydrogen-bond donors (Lipinski definition) is 1. The monoisotopic (exact) mass is 276 g/mol. The molecule has 0 saturated carbocycles. The smallest absolute Gasteiger partial charge is 0.146 e. The van der Waals surface area contributed by atoms with Gasteiger partial charge in [-0.25, -0.2) is 4.39 Å². The molecule has 2 nitrogen and oxygen atoms in total. The Bertz CT molecular complexity index is 412. The average Bonchev–Trinajstić information content (AvgIpc) is 2.47. The van der Waals surface area contributed by atoms with Gasteiger partial charge in [0.15, 0.2) is 0 Å². The number of nitrogens with one attached hydrogen (secondary N) is 1. The molecule has 20 heavy (non-hydrogen) atoms. The van der Waals surface area contributed by atoms with E-state index in [0.29, 0.717) is 5.69 Å². The van der Waals surface area contributed by atoms with Crippen molar-refractivity contribution in [1.82, 2.24) is 0 Å². The van der Waals surface area contributed by atoms with Crippen LogP contribution in [-0.2, 0) is 0 Å². The molecule has 0 fully saturated rings. The lowest BCUT2D eigenvalue weighted by Gasteiger charge is -2.13. The maximum Gasteiger partial charge on any atom is 0.146 e. The third-order valence-electron chi connectivity index (χ3n) is 3.46. The van der Waals surface area contributed by atoms with Crippen molar-refractivity contribution in [1.29, 1.82) is 5.26 Å². The molecule has 0 spiro atoms. The van der Waals surface area contributed by atoms with Crippen LogP contribution in [0.15, 0.2) is 24.3 Å². The topological polar surface area (TPSA) is 35.8 Å². The van der Waals surface area contributed by atoms with E-state index in [-0.39, 0.29) is 11.9 Å². The molecule has 0 saturated heterocycles. The summed E-state index contributed by atoms with van der Waals surface area (Å²) in [5, 5.41) is 12.1. The van der Waals surface area contributed by atoms with Crippen molar-refractivity contribution < 1.29 is 4.39 Å². The van der Waals surface area contributed by atoms with Crippen LogP contribution >= 0.6 is 0 Å². The van der Waals surface area contributed by atoms with Gasteiger partial charge >= 0.3 is 0 Å². The molecule has 1 aromatic rings. The molecule has 1 rings (SSSR count). The lowest BCUT2D eigenvalue weighted by molar-refractivity contribution is 0.567. The first-order chi connectivity index (χ1) is 9.77. The second kappa shape index (κ2) is 10.3. The van der Waals surface area contributed by atoms with Gasteiger partial charge in [-0.05, 0) is 18.6 Å². The van der Waals surface area contributed by atoms with Crippen molar-refractivity contribution >= 4 is 5.69 Å². The Morgan fingerprint density at radius 2 is 1.75 bits per heavy atom. The summed E-state index contributed by atoms with van der Waals surface area (Å²) in [6.07, 6.45) is 9.36. The second-order valence-electron chi connectivity index (χ2n) is 5.22. The third kappa shape index (κ3) is 6.56. The summed E-state index contributed by atoms with van der Waals surface area (Å²) in [6, 6.07) is 8.41. The van der Waals surface area contributed by atoms with Crippen LogP contribution in [0.25, 0.3) is 0 Å². The van der Waals surface area contributed by atoms with E-state index in [2.05, 4.69) is 18.3 Å². The Labute approximate surface area is 122 Å². The van der Waals surface area contributed by atoms with E-state index in [0.717, 1.165) is 19.3 Å². The SMILES string of the molecule is CCCCCCCCCC(C#N)Nc1ccccc1F. The normalized spacial score (nSPS) is 11.8. The molecule has 0 aliphatic heterocycles. The second-order valence-corrected chi connectivity index (χ2v) is 5.22. The van der Waals surface area contributed by atoms with Crippen molar-refractivity contribution in [3.05, 3.63) is 30.1 Å². The molecular formula is C17H25FN2. The summed E-state index contributed by atoms with van der Waals surface area (Å²) in [4.78, 5) is 0. The molecule has 0 aliphatic rings. The Morgan fingerprint density at radius 1 is 1.10 bits per heavy atom. The molecule has 0 heterocycles. The minimum Gasteiger partial charge on any atom is -0.367 e. The van der Waals surface area contributed by atoms with Crippen molar-refractivity contribution in [2.45, 2.75) is 64.3 Å². The number of nitriles is 1. The maximum atomic E-state index is 13.5. The molecule has 1 unspecified atom stereocenters. The highest BCUT2D eigenvalue weighted by molar-refractivity contribution is 5.46. The summed E-state index contributed by atoms with van der Waals surface area (Å²) < 4.78 is 13.5. The van der Waals surface area contributed by atoms with Crippen molar-refractivity contribution in [3.8, 4) is 6.07 Å². The van der Waals surface area contributed by atoms with Gasteiger partial charge in [0.25, 0.3) is 0 Å². The van der Waals surface area contributed by atoms with E-state index < -0.39 is 0 Å². The molecule has 0 radical (unpaired) electrons. The molecule has 1 N–H and O–H groups in total. The minimum absolute atomic E-state index is 0.299. The maximum absolute atomic E-state index is 13.5. The largest absolute Gasteiger partial charge is 0.367 e. The first-order valence-electron chi connectivity index (χ1n) is 7.68. The van der Waals surface area contributed by atoms with Crippen LogP contribution in [-0.4, -0.2) is 6.04 Å². The zero-order chi connectivity index (χ0) is 14.6. The summed E-state index contributed by atoms with van der Waals surface area (Å²) in [5.41, 5.74) is 0.419. The number of rotatable bonds is 10. The third-order valence-corrected chi connectivity index (χ3v) is 3.46. The van der Waals surface area contributed by atoms with Gasteiger partial charge in [-0.15, -0.1) is 0 Å². The van der Waals surface area contributed by atoms with Gasteiger partial charge in [0, 0.05) is 0 Å². The molecule has 0 aromatic heterocycles. The summed E-state index contributed by atoms with van der Waals surface area (Å²) >= 11 is 0. The fraction of sp³-hybridized carbons (Fsp3) is 0.588. The van der Waals surface area contributed by atoms with Gasteiger partial charge in [0.1, 0.15) is 11.9 Å². The van der Waals surface area contributed by atoms with Crippen LogP contribution in [0, 0.1) is 17.1 Å². The molecular weight excluding hydrogens is 251 g/mol. The van der Waals surface area contributed by atoms with Crippen LogP contribution in [0.3, 0.4) is 0 Å². The predicted octanol–water partition coefficient (Wildman–Crippen LogP) is 5.27. The van der Waals surface area contributed by atoms with Crippen LogP contribution in [0.5, 0.6) is 0 Å². The molecule has 110 valence electrons. The number of anilines is 1. The fourth-order valence-electron chi connectivity index (χ4n) is 2.24. The molecule has 0 bridgehead atoms. The molecule has 3 heteroatoms. The average molecular weight is 276 g/mol. The summed E-state index contributed by atoms with van der Waals surface area (Å²) in [6.45, 7) is 2.21. The number of hydrogen-bond acceptors (Lipinski definition) is 2. The zero-order valence-corrected chi connectivity index (χ0v) is 12.4. The Balaban J connectivity index is 2.21. The van der Waals surface area contributed by atoms with E-state index in [1.165, 1.54) is 38.2 Å². The van der Waals surface area contributed by atoms with E-state index in [9.17, 15) is 4.39 Å². The van der Waals surface area contributed by atoms with Crippen LogP contribution in [0.1, 0.15) is 58.3 Å². The number of benzene rings is 1. The zero-order valence-electron chi connectivity index (χ0n) is 12.4. The highest BCUT2D eigenvalue weighted by atomic mass is 19.1. The first-order valence-corrected chi connectivity index (χ1v) is 7.68. The van der Waals surface area contributed by atoms with Crippen LogP contribution < -0.4 is 5.32 Å². The minimum atomic E-state index is -0.303. The number of halogens is 1. The van der Waals surface area contributed by atoms with Gasteiger partial charge < -0.3 is 5.32 Å². The van der Waals surface area contributed by atoms with Crippen molar-refractivity contribution in [2.24, 2.45) is 0 Å². The Morgan fingerprint density at radius 3 is 2.40 bits per heavy atom. The molecule has 0 aliphatic carbocycles. The van der Waals surface area contributed by atoms with Crippen LogP contribution in [0.4, 0.5) is 10.1 Å². The highest BCUT2D eigenvalue weighted by Crippen LogP contribution is 2.16. The predicted molar refractivity (Wildman–Crippen MR) is 82.0 cm³/mol. The molecule has 0 amide bonds. The first kappa shape index (κ1) is 16.5. The van der Waals surface area contributed by atoms with Gasteiger partial charge in [-0.1, -0.05) is 64.0 Å². The molecule has 1 atom stereocenters. The van der Waals surface area contributed by atoms with Crippen molar-refractivity contribution in [3.63, 3.8) is 0 Å². The lowest BCUT2D eigenvalue weighted by atomic mass is 10.1. The Hall–Kier alpha value is -1.56. The van der Waals surface area contributed by atoms with Crippen LogP contribution in [0.2, 0.25) is 0 Å². The number of para-hydroxylation sites is 1. The summed E-state index contributed by atoms with van der Waals surface area (Å²) in [5.74, 6) is -0.299. The van der Waals surface area contributed by atoms with E-state index in [1.807, 2.05) is 0 Å². The number of nitrogens with zero attached hydrogens (tertiary/aromatic N) is 1. The number of unbranched alkanes of at least 4 members (excludes halogenated alkanes) is 6. The van der Waals surface area contributed by atoms with Crippen molar-refractivity contribution in [2.75, 3.05) is 5.32 Å². The molecule has 1 aromatic carbocycles. The van der Waals surface area contributed by atoms with E-state index in [1.54, 1.807) is 18.2 Å². The van der Waals surface area contributed by atoms with E-state index in [4.69, 9.17) is 5.26 Å². The highest BCUT2D eigenvalue weighted by Gasteiger charge is 2.09. The lowest BCUT2D eigenvalue weighted by Crippen LogP contribution is -2.17. The summed E-state index contributed by atoms with van der Waals surface area (Å²) in [7, 11) is 0. The van der Waals surface area contributed by atoms with Gasteiger partial charge in [0.05, 0.1) is 11.8 Å². The standard InChI is InChI=1S/C17H25FN2/c1-2-3-4-5-6-7-8-11-15(14-19)20-17-13-10-9-12-16(17)18/h9-10,12-13,15,20H,2-8,11H2,1H3. The fourth-order valence-corrected chi connectivity index (χ4v) is 2.24. The quantitative estimate of drug-likeness (QED) is 0.591.